The van der Waals surface area contributed by atoms with E-state index in [0.717, 1.165) is 28.2 Å². The maximum Gasteiger partial charge on any atom is 0.188 e. The first-order chi connectivity index (χ1) is 7.79. The van der Waals surface area contributed by atoms with Gasteiger partial charge in [0.2, 0.25) is 0 Å². The van der Waals surface area contributed by atoms with E-state index < -0.39 is 0 Å². The van der Waals surface area contributed by atoms with Crippen LogP contribution in [0.1, 0.15) is 12.0 Å². The third-order valence-corrected chi connectivity index (χ3v) is 3.06. The van der Waals surface area contributed by atoms with Crippen molar-refractivity contribution >= 4 is 18.0 Å². The van der Waals surface area contributed by atoms with Crippen molar-refractivity contribution in [3.05, 3.63) is 23.8 Å². The molecule has 0 heterocycles. The van der Waals surface area contributed by atoms with Gasteiger partial charge in [0.25, 0.3) is 0 Å². The predicted molar refractivity (Wildman–Crippen MR) is 65.1 cm³/mol. The minimum atomic E-state index is 0.242. The topological polar surface area (TPSA) is 35.5 Å². The molecule has 0 N–H and O–H groups in total. The van der Waals surface area contributed by atoms with Crippen molar-refractivity contribution in [3.63, 3.8) is 0 Å². The fraction of sp³-hybridized carbons (Fsp3) is 0.417. The second kappa shape index (κ2) is 7.30. The first kappa shape index (κ1) is 13.1. The van der Waals surface area contributed by atoms with Gasteiger partial charge in [-0.1, -0.05) is 12.1 Å². The number of hydrogen-bond acceptors (Lipinski definition) is 4. The molecule has 3 nitrogen and oxygen atoms in total. The number of aryl methyl sites for hydroxylation is 1. The van der Waals surface area contributed by atoms with Crippen molar-refractivity contribution in [1.82, 2.24) is 0 Å². The molecule has 0 radical (unpaired) electrons. The second-order valence-electron chi connectivity index (χ2n) is 3.26. The molecule has 0 atom stereocenters. The van der Waals surface area contributed by atoms with Crippen LogP contribution in [0.3, 0.4) is 0 Å². The maximum absolute atomic E-state index is 10.3. The summed E-state index contributed by atoms with van der Waals surface area (Å²) in [5, 5.41) is 0. The Hall–Kier alpha value is -1.00. The minimum Gasteiger partial charge on any atom is -0.466 e. The van der Waals surface area contributed by atoms with Crippen molar-refractivity contribution in [2.24, 2.45) is 0 Å². The summed E-state index contributed by atoms with van der Waals surface area (Å²) >= 11 is 1.62. The summed E-state index contributed by atoms with van der Waals surface area (Å²) in [5.41, 5.74) is 1.08. The molecule has 16 heavy (non-hydrogen) atoms. The first-order valence-corrected chi connectivity index (χ1v) is 6.06. The number of hydrogen-bond donors (Lipinski definition) is 0. The van der Waals surface area contributed by atoms with Gasteiger partial charge in [-0.05, 0) is 18.6 Å². The zero-order chi connectivity index (χ0) is 11.8. The van der Waals surface area contributed by atoms with Gasteiger partial charge in [-0.25, -0.2) is 0 Å². The minimum absolute atomic E-state index is 0.242. The highest BCUT2D eigenvalue weighted by atomic mass is 32.2. The second-order valence-corrected chi connectivity index (χ2v) is 4.39. The first-order valence-electron chi connectivity index (χ1n) is 5.07. The van der Waals surface area contributed by atoms with E-state index in [4.69, 9.17) is 9.47 Å². The number of carbonyl (C=O) groups is 1. The quantitative estimate of drug-likeness (QED) is 0.318. The Balaban J connectivity index is 2.72. The van der Waals surface area contributed by atoms with Crippen LogP contribution in [0.5, 0.6) is 5.75 Å². The van der Waals surface area contributed by atoms with Gasteiger partial charge in [0.15, 0.2) is 6.79 Å². The van der Waals surface area contributed by atoms with E-state index in [1.54, 1.807) is 18.9 Å². The number of aldehydes is 1. The normalized spacial score (nSPS) is 10.1. The third-order valence-electron chi connectivity index (χ3n) is 1.99. The van der Waals surface area contributed by atoms with Gasteiger partial charge < -0.3 is 14.3 Å². The van der Waals surface area contributed by atoms with Crippen LogP contribution in [-0.4, -0.2) is 25.9 Å². The van der Waals surface area contributed by atoms with Crippen LogP contribution < -0.4 is 4.74 Å². The average molecular weight is 240 g/mol. The molecule has 0 bridgehead atoms. The lowest BCUT2D eigenvalue weighted by molar-refractivity contribution is -0.107. The van der Waals surface area contributed by atoms with Crippen molar-refractivity contribution < 1.29 is 14.3 Å². The molecule has 0 amide bonds. The summed E-state index contributed by atoms with van der Waals surface area (Å²) in [6, 6.07) is 5.97. The molecule has 4 heteroatoms. The highest BCUT2D eigenvalue weighted by molar-refractivity contribution is 7.99. The van der Waals surface area contributed by atoms with Crippen LogP contribution in [-0.2, 0) is 9.53 Å². The Morgan fingerprint density at radius 2 is 2.25 bits per heavy atom. The molecule has 0 spiro atoms. The molecular formula is C12H16O3S. The summed E-state index contributed by atoms with van der Waals surface area (Å²) in [6.07, 6.45) is 1.49. The Morgan fingerprint density at radius 3 is 2.94 bits per heavy atom. The van der Waals surface area contributed by atoms with Crippen molar-refractivity contribution in [2.75, 3.05) is 19.7 Å². The molecule has 1 rings (SSSR count). The van der Waals surface area contributed by atoms with Crippen molar-refractivity contribution in [1.29, 1.82) is 0 Å². The fourth-order valence-corrected chi connectivity index (χ4v) is 2.22. The number of rotatable bonds is 7. The monoisotopic (exact) mass is 240 g/mol. The summed E-state index contributed by atoms with van der Waals surface area (Å²) in [6.45, 7) is 2.24. The number of ether oxygens (including phenoxy) is 2. The largest absolute Gasteiger partial charge is 0.466 e. The van der Waals surface area contributed by atoms with Crippen LogP contribution in [0, 0.1) is 6.92 Å². The van der Waals surface area contributed by atoms with E-state index in [0.29, 0.717) is 6.42 Å². The van der Waals surface area contributed by atoms with E-state index in [1.807, 2.05) is 25.1 Å². The van der Waals surface area contributed by atoms with E-state index in [2.05, 4.69) is 0 Å². The number of carbonyl (C=O) groups excluding carboxylic acids is 1. The number of benzene rings is 1. The molecule has 0 aliphatic rings. The Morgan fingerprint density at radius 1 is 1.44 bits per heavy atom. The van der Waals surface area contributed by atoms with Crippen molar-refractivity contribution in [2.45, 2.75) is 18.2 Å². The van der Waals surface area contributed by atoms with E-state index >= 15 is 0 Å². The van der Waals surface area contributed by atoms with Gasteiger partial charge >= 0.3 is 0 Å². The van der Waals surface area contributed by atoms with Crippen LogP contribution in [0.2, 0.25) is 0 Å². The van der Waals surface area contributed by atoms with E-state index in [-0.39, 0.29) is 6.79 Å². The summed E-state index contributed by atoms with van der Waals surface area (Å²) in [5.74, 6) is 1.62. The molecule has 88 valence electrons. The Labute approximate surface area is 100 Å². The zero-order valence-corrected chi connectivity index (χ0v) is 10.4. The lowest BCUT2D eigenvalue weighted by Crippen LogP contribution is -2.01. The van der Waals surface area contributed by atoms with Crippen LogP contribution in [0.4, 0.5) is 0 Å². The molecule has 1 aromatic rings. The molecule has 0 aliphatic heterocycles. The smallest absolute Gasteiger partial charge is 0.188 e. The molecule has 1 aromatic carbocycles. The SMILES string of the molecule is COCOc1c(C)cccc1SCCC=O. The molecule has 0 saturated carbocycles. The number of thioether (sulfide) groups is 1. The lowest BCUT2D eigenvalue weighted by Gasteiger charge is -2.12. The Bertz CT molecular complexity index is 339. The number of para-hydroxylation sites is 1. The maximum atomic E-state index is 10.3. The highest BCUT2D eigenvalue weighted by Gasteiger charge is 2.07. The zero-order valence-electron chi connectivity index (χ0n) is 9.56. The summed E-state index contributed by atoms with van der Waals surface area (Å²) < 4.78 is 10.4. The van der Waals surface area contributed by atoms with Crippen LogP contribution in [0.25, 0.3) is 0 Å². The molecular weight excluding hydrogens is 224 g/mol. The van der Waals surface area contributed by atoms with E-state index in [9.17, 15) is 4.79 Å². The van der Waals surface area contributed by atoms with Gasteiger partial charge in [0.1, 0.15) is 12.0 Å². The summed E-state index contributed by atoms with van der Waals surface area (Å²) in [7, 11) is 1.59. The predicted octanol–water partition coefficient (Wildman–Crippen LogP) is 2.66. The van der Waals surface area contributed by atoms with Gasteiger partial charge in [-0.3, -0.25) is 0 Å². The van der Waals surface area contributed by atoms with Gasteiger partial charge in [-0.15, -0.1) is 11.8 Å². The van der Waals surface area contributed by atoms with Gasteiger partial charge in [-0.2, -0.15) is 0 Å². The van der Waals surface area contributed by atoms with Gasteiger partial charge in [0.05, 0.1) is 0 Å². The molecule has 0 unspecified atom stereocenters. The van der Waals surface area contributed by atoms with Crippen LogP contribution in [0.15, 0.2) is 23.1 Å². The molecule has 0 aliphatic carbocycles. The highest BCUT2D eigenvalue weighted by Crippen LogP contribution is 2.32. The standard InChI is InChI=1S/C12H16O3S/c1-10-5-3-6-11(16-8-4-7-13)12(10)15-9-14-2/h3,5-7H,4,8-9H2,1-2H3. The van der Waals surface area contributed by atoms with E-state index in [1.165, 1.54) is 0 Å². The number of methoxy groups -OCH3 is 1. The average Bonchev–Trinajstić information content (AvgIpc) is 2.28. The third kappa shape index (κ3) is 3.87. The fourth-order valence-electron chi connectivity index (χ4n) is 1.26. The lowest BCUT2D eigenvalue weighted by atomic mass is 10.2. The molecule has 0 saturated heterocycles. The Kier molecular flexibility index (Phi) is 5.96. The van der Waals surface area contributed by atoms with Crippen LogP contribution >= 0.6 is 11.8 Å². The van der Waals surface area contributed by atoms with Gasteiger partial charge in [0, 0.05) is 24.2 Å². The molecule has 0 aromatic heterocycles. The molecule has 0 fully saturated rings. The summed E-state index contributed by atoms with van der Waals surface area (Å²) in [4.78, 5) is 11.3. The van der Waals surface area contributed by atoms with Crippen molar-refractivity contribution in [3.8, 4) is 5.75 Å².